The molecule has 17 heavy (non-hydrogen) atoms. The minimum Gasteiger partial charge on any atom is -0.480 e. The molecule has 1 aromatic rings. The summed E-state index contributed by atoms with van der Waals surface area (Å²) in [6.45, 7) is 2.00. The molecule has 2 unspecified atom stereocenters. The Labute approximate surface area is 112 Å². The Morgan fingerprint density at radius 3 is 2.94 bits per heavy atom. The molecule has 1 heterocycles. The Hall–Kier alpha value is -0.690. The summed E-state index contributed by atoms with van der Waals surface area (Å²) in [5, 5.41) is 3.14. The Bertz CT molecular complexity index is 403. The Balaban J connectivity index is 2.59. The van der Waals surface area contributed by atoms with E-state index in [0.717, 1.165) is 6.42 Å². The highest BCUT2D eigenvalue weighted by molar-refractivity contribution is 9.10. The summed E-state index contributed by atoms with van der Waals surface area (Å²) < 4.78 is 16.8. The van der Waals surface area contributed by atoms with Gasteiger partial charge in [0.15, 0.2) is 0 Å². The molecule has 7 heteroatoms. The second-order valence-corrected chi connectivity index (χ2v) is 6.07. The highest BCUT2D eigenvalue weighted by Crippen LogP contribution is 2.22. The molecule has 2 atom stereocenters. The number of aromatic nitrogens is 2. The standard InChI is InChI=1S/C10H16BrN3O2S/c1-7(4-5-17(3)15)13-10-12-6-8(11)9(14-10)16-2/h6-7H,4-5H2,1-3H3,(H,12,13,14). The molecule has 0 spiro atoms. The van der Waals surface area contributed by atoms with Crippen molar-refractivity contribution in [2.45, 2.75) is 19.4 Å². The van der Waals surface area contributed by atoms with Gasteiger partial charge in [-0.25, -0.2) is 4.98 Å². The van der Waals surface area contributed by atoms with Gasteiger partial charge in [-0.1, -0.05) is 0 Å². The average molecular weight is 322 g/mol. The van der Waals surface area contributed by atoms with E-state index in [1.165, 1.54) is 0 Å². The van der Waals surface area contributed by atoms with E-state index < -0.39 is 10.8 Å². The van der Waals surface area contributed by atoms with Gasteiger partial charge in [0.1, 0.15) is 0 Å². The van der Waals surface area contributed by atoms with Crippen LogP contribution in [0.25, 0.3) is 0 Å². The molecular formula is C10H16BrN3O2S. The summed E-state index contributed by atoms with van der Waals surface area (Å²) >= 11 is 3.29. The molecule has 0 fully saturated rings. The first-order valence-corrected chi connectivity index (χ1v) is 7.68. The van der Waals surface area contributed by atoms with Crippen molar-refractivity contribution in [2.24, 2.45) is 0 Å². The predicted molar refractivity (Wildman–Crippen MR) is 72.9 cm³/mol. The lowest BCUT2D eigenvalue weighted by Gasteiger charge is -2.13. The third-order valence-electron chi connectivity index (χ3n) is 2.12. The first-order chi connectivity index (χ1) is 8.02. The molecule has 0 aromatic carbocycles. The number of hydrogen-bond acceptors (Lipinski definition) is 5. The van der Waals surface area contributed by atoms with Crippen molar-refractivity contribution >= 4 is 32.7 Å². The molecule has 0 amide bonds. The van der Waals surface area contributed by atoms with E-state index in [1.807, 2.05) is 6.92 Å². The van der Waals surface area contributed by atoms with E-state index in [2.05, 4.69) is 31.2 Å². The molecule has 1 rings (SSSR count). The van der Waals surface area contributed by atoms with Crippen LogP contribution in [-0.2, 0) is 10.8 Å². The Morgan fingerprint density at radius 1 is 1.65 bits per heavy atom. The van der Waals surface area contributed by atoms with Crippen LogP contribution < -0.4 is 10.1 Å². The zero-order valence-electron chi connectivity index (χ0n) is 10.1. The van der Waals surface area contributed by atoms with Gasteiger partial charge in [-0.15, -0.1) is 0 Å². The second-order valence-electron chi connectivity index (χ2n) is 3.66. The van der Waals surface area contributed by atoms with Crippen LogP contribution in [0.1, 0.15) is 13.3 Å². The van der Waals surface area contributed by atoms with Crippen LogP contribution in [0, 0.1) is 0 Å². The number of anilines is 1. The van der Waals surface area contributed by atoms with Crippen LogP contribution in [0.15, 0.2) is 10.7 Å². The van der Waals surface area contributed by atoms with Crippen molar-refractivity contribution in [2.75, 3.05) is 24.4 Å². The number of nitrogens with zero attached hydrogens (tertiary/aromatic N) is 2. The Kier molecular flexibility index (Phi) is 5.84. The van der Waals surface area contributed by atoms with Crippen molar-refractivity contribution in [3.63, 3.8) is 0 Å². The molecule has 1 N–H and O–H groups in total. The van der Waals surface area contributed by atoms with Crippen LogP contribution >= 0.6 is 15.9 Å². The molecule has 0 bridgehead atoms. The van der Waals surface area contributed by atoms with Gasteiger partial charge in [0, 0.05) is 28.9 Å². The summed E-state index contributed by atoms with van der Waals surface area (Å²) in [5.41, 5.74) is 0. The second kappa shape index (κ2) is 6.90. The summed E-state index contributed by atoms with van der Waals surface area (Å²) in [5.74, 6) is 1.68. The summed E-state index contributed by atoms with van der Waals surface area (Å²) in [7, 11) is 0.789. The van der Waals surface area contributed by atoms with Gasteiger partial charge in [0.05, 0.1) is 17.8 Å². The SMILES string of the molecule is COc1nc(NC(C)CCS(C)=O)ncc1Br. The van der Waals surface area contributed by atoms with Gasteiger partial charge in [0.2, 0.25) is 11.8 Å². The van der Waals surface area contributed by atoms with Gasteiger partial charge in [-0.3, -0.25) is 4.21 Å². The minimum atomic E-state index is -0.767. The molecule has 0 saturated carbocycles. The van der Waals surface area contributed by atoms with Gasteiger partial charge < -0.3 is 10.1 Å². The smallest absolute Gasteiger partial charge is 0.232 e. The van der Waals surface area contributed by atoms with Crippen molar-refractivity contribution in [1.29, 1.82) is 0 Å². The molecule has 5 nitrogen and oxygen atoms in total. The van der Waals surface area contributed by atoms with E-state index in [9.17, 15) is 4.21 Å². The molecular weight excluding hydrogens is 306 g/mol. The third kappa shape index (κ3) is 4.99. The van der Waals surface area contributed by atoms with Crippen LogP contribution in [0.3, 0.4) is 0 Å². The third-order valence-corrected chi connectivity index (χ3v) is 3.47. The monoisotopic (exact) mass is 321 g/mol. The lowest BCUT2D eigenvalue weighted by molar-refractivity contribution is 0.394. The largest absolute Gasteiger partial charge is 0.480 e. The molecule has 0 aliphatic carbocycles. The van der Waals surface area contributed by atoms with Gasteiger partial charge in [0.25, 0.3) is 0 Å². The summed E-state index contributed by atoms with van der Waals surface area (Å²) in [4.78, 5) is 8.32. The van der Waals surface area contributed by atoms with Gasteiger partial charge >= 0.3 is 0 Å². The zero-order chi connectivity index (χ0) is 12.8. The first kappa shape index (κ1) is 14.4. The lowest BCUT2D eigenvalue weighted by Crippen LogP contribution is -2.19. The highest BCUT2D eigenvalue weighted by atomic mass is 79.9. The van der Waals surface area contributed by atoms with Gasteiger partial charge in [-0.05, 0) is 29.3 Å². The molecule has 0 saturated heterocycles. The fourth-order valence-electron chi connectivity index (χ4n) is 1.20. The van der Waals surface area contributed by atoms with Gasteiger partial charge in [-0.2, -0.15) is 4.98 Å². The lowest BCUT2D eigenvalue weighted by atomic mass is 10.3. The fraction of sp³-hybridized carbons (Fsp3) is 0.600. The first-order valence-electron chi connectivity index (χ1n) is 5.16. The molecule has 1 aromatic heterocycles. The Morgan fingerprint density at radius 2 is 2.35 bits per heavy atom. The number of nitrogens with one attached hydrogen (secondary N) is 1. The minimum absolute atomic E-state index is 0.171. The predicted octanol–water partition coefficient (Wildman–Crippen LogP) is 1.82. The normalized spacial score (nSPS) is 14.1. The highest BCUT2D eigenvalue weighted by Gasteiger charge is 2.08. The van der Waals surface area contributed by atoms with Crippen molar-refractivity contribution < 1.29 is 8.95 Å². The van der Waals surface area contributed by atoms with E-state index in [-0.39, 0.29) is 6.04 Å². The van der Waals surface area contributed by atoms with Crippen LogP contribution in [0.5, 0.6) is 5.88 Å². The van der Waals surface area contributed by atoms with E-state index in [1.54, 1.807) is 19.6 Å². The van der Waals surface area contributed by atoms with Crippen LogP contribution in [0.4, 0.5) is 5.95 Å². The summed E-state index contributed by atoms with van der Waals surface area (Å²) in [6.07, 6.45) is 4.15. The number of ether oxygens (including phenoxy) is 1. The maximum atomic E-state index is 11.0. The van der Waals surface area contributed by atoms with Crippen molar-refractivity contribution in [3.05, 3.63) is 10.7 Å². The van der Waals surface area contributed by atoms with E-state index in [0.29, 0.717) is 22.1 Å². The molecule has 0 radical (unpaired) electrons. The number of hydrogen-bond donors (Lipinski definition) is 1. The topological polar surface area (TPSA) is 64.1 Å². The number of halogens is 1. The molecule has 96 valence electrons. The van der Waals surface area contributed by atoms with Crippen molar-refractivity contribution in [3.8, 4) is 5.88 Å². The zero-order valence-corrected chi connectivity index (χ0v) is 12.5. The van der Waals surface area contributed by atoms with Crippen LogP contribution in [0.2, 0.25) is 0 Å². The molecule has 0 aliphatic rings. The van der Waals surface area contributed by atoms with Crippen molar-refractivity contribution in [1.82, 2.24) is 9.97 Å². The maximum Gasteiger partial charge on any atom is 0.232 e. The maximum absolute atomic E-state index is 11.0. The van der Waals surface area contributed by atoms with Crippen LogP contribution in [-0.4, -0.2) is 39.3 Å². The summed E-state index contributed by atoms with van der Waals surface area (Å²) in [6, 6.07) is 0.171. The molecule has 0 aliphatic heterocycles. The van der Waals surface area contributed by atoms with E-state index in [4.69, 9.17) is 4.74 Å². The average Bonchev–Trinajstić information content (AvgIpc) is 2.29. The number of rotatable bonds is 6. The fourth-order valence-corrected chi connectivity index (χ4v) is 2.24. The quantitative estimate of drug-likeness (QED) is 0.865. The van der Waals surface area contributed by atoms with E-state index >= 15 is 0 Å². The number of methoxy groups -OCH3 is 1.